The molecule has 0 N–H and O–H groups in total. The van der Waals surface area contributed by atoms with Crippen molar-refractivity contribution in [2.24, 2.45) is 0 Å². The summed E-state index contributed by atoms with van der Waals surface area (Å²) in [6.45, 7) is 6.74. The van der Waals surface area contributed by atoms with Crippen LogP contribution in [0.2, 0.25) is 0 Å². The van der Waals surface area contributed by atoms with Crippen LogP contribution in [0.25, 0.3) is 0 Å². The maximum atomic E-state index is 4.48. The van der Waals surface area contributed by atoms with Gasteiger partial charge in [-0.15, -0.1) is 0 Å². The number of unbranched alkanes of at least 4 members (excludes halogenated alkanes) is 10. The molecule has 0 aliphatic heterocycles. The van der Waals surface area contributed by atoms with E-state index < -0.39 is 0 Å². The fourth-order valence-electron chi connectivity index (χ4n) is 2.96. The number of rotatable bonds is 13. The molecule has 1 heterocycles. The number of hydrogen-bond donors (Lipinski definition) is 0. The number of aromatic nitrogens is 2. The summed E-state index contributed by atoms with van der Waals surface area (Å²) in [6.07, 6.45) is 20.7. The highest BCUT2D eigenvalue weighted by Gasteiger charge is 2.04. The van der Waals surface area contributed by atoms with Crippen LogP contribution in [-0.4, -0.2) is 9.55 Å². The van der Waals surface area contributed by atoms with Gasteiger partial charge in [0.25, 0.3) is 0 Å². The molecule has 0 radical (unpaired) electrons. The summed E-state index contributed by atoms with van der Waals surface area (Å²) in [7, 11) is 0. The Hall–Kier alpha value is -0.790. The molecule has 0 aliphatic carbocycles. The van der Waals surface area contributed by atoms with Crippen LogP contribution in [0.4, 0.5) is 0 Å². The molecule has 21 heavy (non-hydrogen) atoms. The summed E-state index contributed by atoms with van der Waals surface area (Å²) in [4.78, 5) is 4.48. The molecule has 0 unspecified atom stereocenters. The van der Waals surface area contributed by atoms with Crippen LogP contribution >= 0.6 is 0 Å². The lowest BCUT2D eigenvalue weighted by atomic mass is 10.1. The Morgan fingerprint density at radius 2 is 1.38 bits per heavy atom. The van der Waals surface area contributed by atoms with E-state index in [1.165, 1.54) is 76.5 Å². The van der Waals surface area contributed by atoms with Gasteiger partial charge in [-0.2, -0.15) is 0 Å². The molecule has 0 amide bonds. The average molecular weight is 293 g/mol. The average Bonchev–Trinajstić information content (AvgIpc) is 2.93. The van der Waals surface area contributed by atoms with E-state index in [9.17, 15) is 0 Å². The highest BCUT2D eigenvalue weighted by Crippen LogP contribution is 2.14. The zero-order valence-corrected chi connectivity index (χ0v) is 14.6. The Labute approximate surface area is 132 Å². The minimum absolute atomic E-state index is 0.537. The van der Waals surface area contributed by atoms with E-state index >= 15 is 0 Å². The van der Waals surface area contributed by atoms with E-state index in [4.69, 9.17) is 0 Å². The van der Waals surface area contributed by atoms with Gasteiger partial charge in [0, 0.05) is 24.9 Å². The minimum Gasteiger partial charge on any atom is -0.332 e. The molecule has 1 rings (SSSR count). The van der Waals surface area contributed by atoms with Crippen molar-refractivity contribution >= 4 is 0 Å². The van der Waals surface area contributed by atoms with Gasteiger partial charge in [-0.25, -0.2) is 4.98 Å². The van der Waals surface area contributed by atoms with Gasteiger partial charge in [0.2, 0.25) is 0 Å². The van der Waals surface area contributed by atoms with E-state index in [1.807, 2.05) is 6.20 Å². The first-order valence-electron chi connectivity index (χ1n) is 9.27. The smallest absolute Gasteiger partial charge is 0.108 e. The Morgan fingerprint density at radius 3 is 1.90 bits per heavy atom. The van der Waals surface area contributed by atoms with Crippen molar-refractivity contribution in [1.29, 1.82) is 0 Å². The first-order chi connectivity index (χ1) is 10.3. The first-order valence-corrected chi connectivity index (χ1v) is 9.27. The van der Waals surface area contributed by atoms with E-state index in [-0.39, 0.29) is 0 Å². The second-order valence-electron chi connectivity index (χ2n) is 6.63. The van der Waals surface area contributed by atoms with Gasteiger partial charge in [0.05, 0.1) is 0 Å². The van der Waals surface area contributed by atoms with Crippen LogP contribution in [0.5, 0.6) is 0 Å². The Kier molecular flexibility index (Phi) is 10.3. The van der Waals surface area contributed by atoms with Gasteiger partial charge in [0.15, 0.2) is 0 Å². The molecule has 1 aromatic rings. The predicted octanol–water partition coefficient (Wildman–Crippen LogP) is 6.32. The van der Waals surface area contributed by atoms with Crippen LogP contribution in [0.1, 0.15) is 103 Å². The Balaban J connectivity index is 1.92. The molecule has 0 saturated heterocycles. The van der Waals surface area contributed by atoms with Crippen molar-refractivity contribution in [1.82, 2.24) is 9.55 Å². The van der Waals surface area contributed by atoms with E-state index in [2.05, 4.69) is 36.5 Å². The zero-order chi connectivity index (χ0) is 15.3. The fourth-order valence-corrected chi connectivity index (χ4v) is 2.96. The highest BCUT2D eigenvalue weighted by atomic mass is 15.1. The molecule has 0 atom stereocenters. The number of hydrogen-bond acceptors (Lipinski definition) is 1. The molecule has 1 aromatic heterocycles. The third-order valence-electron chi connectivity index (χ3n) is 4.31. The van der Waals surface area contributed by atoms with Gasteiger partial charge in [-0.05, 0) is 20.3 Å². The van der Waals surface area contributed by atoms with Gasteiger partial charge in [-0.3, -0.25) is 0 Å². The lowest BCUT2D eigenvalue weighted by Crippen LogP contribution is -2.05. The van der Waals surface area contributed by atoms with Crippen LogP contribution < -0.4 is 0 Å². The SMILES string of the molecule is CCCCCCCCCCCCCc1nccn1C(C)C. The van der Waals surface area contributed by atoms with Crippen molar-refractivity contribution in [3.63, 3.8) is 0 Å². The maximum Gasteiger partial charge on any atom is 0.108 e. The van der Waals surface area contributed by atoms with Crippen LogP contribution in [0.15, 0.2) is 12.4 Å². The quantitative estimate of drug-likeness (QED) is 0.389. The minimum atomic E-state index is 0.537. The van der Waals surface area contributed by atoms with E-state index in [1.54, 1.807) is 0 Å². The van der Waals surface area contributed by atoms with Crippen molar-refractivity contribution in [3.8, 4) is 0 Å². The Bertz CT molecular complexity index is 341. The highest BCUT2D eigenvalue weighted by molar-refractivity contribution is 4.94. The fraction of sp³-hybridized carbons (Fsp3) is 0.842. The second-order valence-corrected chi connectivity index (χ2v) is 6.63. The van der Waals surface area contributed by atoms with Crippen molar-refractivity contribution in [3.05, 3.63) is 18.2 Å². The van der Waals surface area contributed by atoms with Gasteiger partial charge in [0.1, 0.15) is 5.82 Å². The standard InChI is InChI=1S/C19H36N2/c1-4-5-6-7-8-9-10-11-12-13-14-15-19-20-16-17-21(19)18(2)3/h16-18H,4-15H2,1-3H3. The molecule has 2 heteroatoms. The number of imidazole rings is 1. The molecule has 0 aliphatic rings. The van der Waals surface area contributed by atoms with Crippen molar-refractivity contribution < 1.29 is 0 Å². The summed E-state index contributed by atoms with van der Waals surface area (Å²) >= 11 is 0. The van der Waals surface area contributed by atoms with Crippen molar-refractivity contribution in [2.45, 2.75) is 104 Å². The summed E-state index contributed by atoms with van der Waals surface area (Å²) in [5.74, 6) is 1.26. The second kappa shape index (κ2) is 11.8. The zero-order valence-electron chi connectivity index (χ0n) is 14.6. The topological polar surface area (TPSA) is 17.8 Å². The van der Waals surface area contributed by atoms with E-state index in [0.717, 1.165) is 6.42 Å². The third kappa shape index (κ3) is 8.28. The molecule has 2 nitrogen and oxygen atoms in total. The van der Waals surface area contributed by atoms with Gasteiger partial charge >= 0.3 is 0 Å². The van der Waals surface area contributed by atoms with Crippen LogP contribution in [-0.2, 0) is 6.42 Å². The summed E-state index contributed by atoms with van der Waals surface area (Å²) < 4.78 is 2.30. The van der Waals surface area contributed by atoms with Crippen LogP contribution in [0, 0.1) is 0 Å². The summed E-state index contributed by atoms with van der Waals surface area (Å²) in [5, 5.41) is 0. The molecule has 0 saturated carbocycles. The molecule has 0 fully saturated rings. The van der Waals surface area contributed by atoms with E-state index in [0.29, 0.717) is 6.04 Å². The lowest BCUT2D eigenvalue weighted by Gasteiger charge is -2.11. The third-order valence-corrected chi connectivity index (χ3v) is 4.31. The molecule has 0 aromatic carbocycles. The van der Waals surface area contributed by atoms with Crippen molar-refractivity contribution in [2.75, 3.05) is 0 Å². The largest absolute Gasteiger partial charge is 0.332 e. The summed E-state index contributed by atoms with van der Waals surface area (Å²) in [6, 6.07) is 0.537. The summed E-state index contributed by atoms with van der Waals surface area (Å²) in [5.41, 5.74) is 0. The molecule has 0 bridgehead atoms. The molecule has 0 spiro atoms. The van der Waals surface area contributed by atoms with Gasteiger partial charge in [-0.1, -0.05) is 71.1 Å². The molecule has 122 valence electrons. The number of nitrogens with zero attached hydrogens (tertiary/aromatic N) is 2. The first kappa shape index (κ1) is 18.3. The van der Waals surface area contributed by atoms with Gasteiger partial charge < -0.3 is 4.57 Å². The number of aryl methyl sites for hydroxylation is 1. The predicted molar refractivity (Wildman–Crippen MR) is 92.8 cm³/mol. The lowest BCUT2D eigenvalue weighted by molar-refractivity contribution is 0.532. The normalized spacial score (nSPS) is 11.4. The molecular formula is C19H36N2. The monoisotopic (exact) mass is 292 g/mol. The Morgan fingerprint density at radius 1 is 0.857 bits per heavy atom. The molecular weight excluding hydrogens is 256 g/mol. The maximum absolute atomic E-state index is 4.48. The van der Waals surface area contributed by atoms with Crippen LogP contribution in [0.3, 0.4) is 0 Å².